The van der Waals surface area contributed by atoms with Gasteiger partial charge in [0.1, 0.15) is 11.3 Å². The number of thioether (sulfide) groups is 1. The van der Waals surface area contributed by atoms with Crippen LogP contribution in [0.2, 0.25) is 0 Å². The standard InChI is InChI=1S/C11H16N4O3S/c1-11(2)5-8(14-18-11)19-6-7-9(10(16)17-4)13-15(3)12-7/h5,14H,6H2,1-4H3. The van der Waals surface area contributed by atoms with Gasteiger partial charge in [-0.25, -0.2) is 4.79 Å². The summed E-state index contributed by atoms with van der Waals surface area (Å²) in [4.78, 5) is 18.3. The molecule has 0 radical (unpaired) electrons. The van der Waals surface area contributed by atoms with E-state index >= 15 is 0 Å². The van der Waals surface area contributed by atoms with Gasteiger partial charge in [-0.3, -0.25) is 10.3 Å². The molecule has 0 spiro atoms. The Kier molecular flexibility index (Phi) is 3.81. The fourth-order valence-corrected chi connectivity index (χ4v) is 2.53. The number of carbonyl (C=O) groups excluding carboxylic acids is 1. The molecule has 1 aliphatic heterocycles. The third-order valence-corrected chi connectivity index (χ3v) is 3.35. The summed E-state index contributed by atoms with van der Waals surface area (Å²) in [5.41, 5.74) is 3.35. The first-order valence-corrected chi connectivity index (χ1v) is 6.68. The number of nitrogens with one attached hydrogen (secondary N) is 1. The molecule has 2 heterocycles. The Morgan fingerprint density at radius 3 is 2.89 bits per heavy atom. The molecule has 0 saturated carbocycles. The van der Waals surface area contributed by atoms with Crippen LogP contribution in [0.25, 0.3) is 0 Å². The lowest BCUT2D eigenvalue weighted by Gasteiger charge is -2.11. The molecule has 0 aliphatic carbocycles. The van der Waals surface area contributed by atoms with Gasteiger partial charge < -0.3 is 4.74 Å². The molecule has 1 aromatic rings. The lowest BCUT2D eigenvalue weighted by atomic mass is 10.1. The van der Waals surface area contributed by atoms with Crippen LogP contribution < -0.4 is 5.48 Å². The molecule has 1 aromatic heterocycles. The Labute approximate surface area is 115 Å². The third-order valence-electron chi connectivity index (χ3n) is 2.42. The fraction of sp³-hybridized carbons (Fsp3) is 0.545. The minimum Gasteiger partial charge on any atom is -0.464 e. The van der Waals surface area contributed by atoms with E-state index in [1.807, 2.05) is 19.9 Å². The molecule has 2 rings (SSSR count). The molecule has 8 heteroatoms. The number of carbonyl (C=O) groups is 1. The van der Waals surface area contributed by atoms with Crippen LogP contribution in [0.4, 0.5) is 0 Å². The van der Waals surface area contributed by atoms with Crippen molar-refractivity contribution < 1.29 is 14.4 Å². The van der Waals surface area contributed by atoms with E-state index in [9.17, 15) is 4.79 Å². The number of hydrogen-bond acceptors (Lipinski definition) is 7. The van der Waals surface area contributed by atoms with Crippen LogP contribution in [0.15, 0.2) is 11.1 Å². The zero-order chi connectivity index (χ0) is 14.0. The van der Waals surface area contributed by atoms with E-state index in [-0.39, 0.29) is 11.3 Å². The second-order valence-corrected chi connectivity index (χ2v) is 5.60. The number of hydrogen-bond donors (Lipinski definition) is 1. The first kappa shape index (κ1) is 13.9. The Hall–Kier alpha value is -1.54. The molecule has 0 unspecified atom stereocenters. The summed E-state index contributed by atoms with van der Waals surface area (Å²) in [7, 11) is 2.99. The number of hydroxylamine groups is 1. The van der Waals surface area contributed by atoms with Crippen LogP contribution in [-0.2, 0) is 22.4 Å². The Balaban J connectivity index is 2.06. The van der Waals surface area contributed by atoms with Crippen LogP contribution in [0.3, 0.4) is 0 Å². The maximum Gasteiger partial charge on any atom is 0.360 e. The number of aryl methyl sites for hydroxylation is 1. The van der Waals surface area contributed by atoms with Crippen molar-refractivity contribution in [2.45, 2.75) is 25.2 Å². The van der Waals surface area contributed by atoms with Crippen molar-refractivity contribution in [1.82, 2.24) is 20.5 Å². The number of nitrogens with zero attached hydrogens (tertiary/aromatic N) is 3. The SMILES string of the molecule is COC(=O)c1nn(C)nc1CSC1=CC(C)(C)ON1. The van der Waals surface area contributed by atoms with E-state index in [4.69, 9.17) is 4.84 Å². The van der Waals surface area contributed by atoms with Crippen LogP contribution in [0.5, 0.6) is 0 Å². The molecule has 104 valence electrons. The van der Waals surface area contributed by atoms with Gasteiger partial charge in [-0.2, -0.15) is 9.90 Å². The van der Waals surface area contributed by atoms with Crippen LogP contribution >= 0.6 is 11.8 Å². The average Bonchev–Trinajstić information content (AvgIpc) is 2.88. The molecule has 0 aromatic carbocycles. The minimum absolute atomic E-state index is 0.247. The van der Waals surface area contributed by atoms with Crippen molar-refractivity contribution in [2.75, 3.05) is 7.11 Å². The molecule has 7 nitrogen and oxygen atoms in total. The van der Waals surface area contributed by atoms with Gasteiger partial charge in [0.15, 0.2) is 5.69 Å². The number of aromatic nitrogens is 3. The summed E-state index contributed by atoms with van der Waals surface area (Å²) in [5, 5.41) is 9.06. The van der Waals surface area contributed by atoms with Gasteiger partial charge in [-0.1, -0.05) is 0 Å². The second-order valence-electron chi connectivity index (χ2n) is 4.58. The molecule has 0 amide bonds. The summed E-state index contributed by atoms with van der Waals surface area (Å²) < 4.78 is 4.68. The summed E-state index contributed by atoms with van der Waals surface area (Å²) in [6, 6.07) is 0. The number of esters is 1. The van der Waals surface area contributed by atoms with Crippen molar-refractivity contribution in [3.05, 3.63) is 22.5 Å². The predicted molar refractivity (Wildman–Crippen MR) is 70.0 cm³/mol. The quantitative estimate of drug-likeness (QED) is 0.826. The van der Waals surface area contributed by atoms with Crippen molar-refractivity contribution in [2.24, 2.45) is 7.05 Å². The zero-order valence-electron chi connectivity index (χ0n) is 11.3. The molecule has 1 aliphatic rings. The van der Waals surface area contributed by atoms with Crippen molar-refractivity contribution >= 4 is 17.7 Å². The van der Waals surface area contributed by atoms with Gasteiger partial charge in [0.05, 0.1) is 12.1 Å². The highest BCUT2D eigenvalue weighted by Crippen LogP contribution is 2.28. The van der Waals surface area contributed by atoms with Gasteiger partial charge in [0.2, 0.25) is 0 Å². The molecule has 19 heavy (non-hydrogen) atoms. The van der Waals surface area contributed by atoms with Crippen LogP contribution in [0, 0.1) is 0 Å². The summed E-state index contributed by atoms with van der Waals surface area (Å²) in [6.07, 6.45) is 1.98. The average molecular weight is 284 g/mol. The lowest BCUT2D eigenvalue weighted by Crippen LogP contribution is -2.20. The molecule has 1 N–H and O–H groups in total. The first-order chi connectivity index (χ1) is 8.91. The van der Waals surface area contributed by atoms with Gasteiger partial charge in [-0.15, -0.1) is 16.9 Å². The summed E-state index contributed by atoms with van der Waals surface area (Å²) in [6.45, 7) is 3.91. The highest BCUT2D eigenvalue weighted by Gasteiger charge is 2.25. The van der Waals surface area contributed by atoms with E-state index < -0.39 is 5.97 Å². The van der Waals surface area contributed by atoms with Gasteiger partial charge >= 0.3 is 5.97 Å². The molecular weight excluding hydrogens is 268 g/mol. The Morgan fingerprint density at radius 1 is 1.58 bits per heavy atom. The number of methoxy groups -OCH3 is 1. The Morgan fingerprint density at radius 2 is 2.32 bits per heavy atom. The fourth-order valence-electron chi connectivity index (χ4n) is 1.57. The second kappa shape index (κ2) is 5.22. The highest BCUT2D eigenvalue weighted by molar-refractivity contribution is 8.02. The Bertz CT molecular complexity index is 524. The maximum absolute atomic E-state index is 11.5. The van der Waals surface area contributed by atoms with E-state index in [0.717, 1.165) is 5.03 Å². The molecule has 0 bridgehead atoms. The van der Waals surface area contributed by atoms with Crippen LogP contribution in [0.1, 0.15) is 30.0 Å². The van der Waals surface area contributed by atoms with E-state index in [1.165, 1.54) is 23.7 Å². The lowest BCUT2D eigenvalue weighted by molar-refractivity contribution is -0.0126. The van der Waals surface area contributed by atoms with Crippen molar-refractivity contribution in [1.29, 1.82) is 0 Å². The maximum atomic E-state index is 11.5. The smallest absolute Gasteiger partial charge is 0.360 e. The summed E-state index contributed by atoms with van der Waals surface area (Å²) in [5.74, 6) is 0.0324. The van der Waals surface area contributed by atoms with Gasteiger partial charge in [0, 0.05) is 12.8 Å². The number of ether oxygens (including phenoxy) is 1. The van der Waals surface area contributed by atoms with Crippen molar-refractivity contribution in [3.63, 3.8) is 0 Å². The van der Waals surface area contributed by atoms with E-state index in [1.54, 1.807) is 7.05 Å². The highest BCUT2D eigenvalue weighted by atomic mass is 32.2. The third kappa shape index (κ3) is 3.27. The van der Waals surface area contributed by atoms with E-state index in [2.05, 4.69) is 20.4 Å². The van der Waals surface area contributed by atoms with Crippen LogP contribution in [-0.4, -0.2) is 33.7 Å². The minimum atomic E-state index is -0.478. The number of rotatable bonds is 4. The first-order valence-electron chi connectivity index (χ1n) is 5.69. The van der Waals surface area contributed by atoms with Gasteiger partial charge in [0.25, 0.3) is 0 Å². The topological polar surface area (TPSA) is 78.3 Å². The van der Waals surface area contributed by atoms with E-state index in [0.29, 0.717) is 11.4 Å². The molecular formula is C11H16N4O3S. The van der Waals surface area contributed by atoms with Crippen molar-refractivity contribution in [3.8, 4) is 0 Å². The summed E-state index contributed by atoms with van der Waals surface area (Å²) >= 11 is 1.50. The molecule has 0 atom stereocenters. The monoisotopic (exact) mass is 284 g/mol. The largest absolute Gasteiger partial charge is 0.464 e. The molecule has 0 saturated heterocycles. The molecule has 0 fully saturated rings. The zero-order valence-corrected chi connectivity index (χ0v) is 12.1. The predicted octanol–water partition coefficient (Wildman–Crippen LogP) is 0.990. The normalized spacial score (nSPS) is 16.9. The van der Waals surface area contributed by atoms with Gasteiger partial charge in [-0.05, 0) is 19.9 Å².